The monoisotopic (exact) mass is 294 g/mol. The number of carbonyl (C=O) groups is 2. The van der Waals surface area contributed by atoms with E-state index in [1.54, 1.807) is 38.4 Å². The topological polar surface area (TPSA) is 108 Å². The molecule has 1 rings (SSSR count). The van der Waals surface area contributed by atoms with Crippen LogP contribution < -0.4 is 16.4 Å². The molecule has 0 aliphatic carbocycles. The molecule has 1 unspecified atom stereocenters. The van der Waals surface area contributed by atoms with Crippen molar-refractivity contribution in [3.63, 3.8) is 0 Å². The van der Waals surface area contributed by atoms with Crippen LogP contribution in [0, 0.1) is 0 Å². The van der Waals surface area contributed by atoms with Crippen molar-refractivity contribution in [1.29, 1.82) is 0 Å². The lowest BCUT2D eigenvalue weighted by atomic mass is 10.1. The van der Waals surface area contributed by atoms with Gasteiger partial charge in [0.2, 0.25) is 5.91 Å². The molecular formula is C14H22N4O3. The van der Waals surface area contributed by atoms with Gasteiger partial charge in [-0.05, 0) is 24.1 Å². The van der Waals surface area contributed by atoms with Crippen LogP contribution in [0.15, 0.2) is 24.3 Å². The molecule has 0 heterocycles. The summed E-state index contributed by atoms with van der Waals surface area (Å²) in [5.41, 5.74) is 6.68. The molecule has 0 fully saturated rings. The number of phenols is 1. The maximum Gasteiger partial charge on any atom is 0.316 e. The van der Waals surface area contributed by atoms with E-state index in [1.807, 2.05) is 0 Å². The van der Waals surface area contributed by atoms with Crippen molar-refractivity contribution in [2.45, 2.75) is 12.5 Å². The highest BCUT2D eigenvalue weighted by Crippen LogP contribution is 2.10. The summed E-state index contributed by atoms with van der Waals surface area (Å²) in [5.74, 6) is -0.101. The summed E-state index contributed by atoms with van der Waals surface area (Å²) in [6.45, 7) is 0.663. The first-order chi connectivity index (χ1) is 9.90. The Hall–Kier alpha value is -2.28. The van der Waals surface area contributed by atoms with E-state index >= 15 is 0 Å². The first kappa shape index (κ1) is 16.8. The molecule has 0 aliphatic heterocycles. The Morgan fingerprint density at radius 1 is 1.19 bits per heavy atom. The lowest BCUT2D eigenvalue weighted by molar-refractivity contribution is -0.122. The van der Waals surface area contributed by atoms with E-state index in [-0.39, 0.29) is 17.7 Å². The average molecular weight is 294 g/mol. The number of benzene rings is 1. The van der Waals surface area contributed by atoms with E-state index in [1.165, 1.54) is 4.90 Å². The molecule has 7 nitrogen and oxygen atoms in total. The predicted octanol–water partition coefficient (Wildman–Crippen LogP) is -0.351. The van der Waals surface area contributed by atoms with Gasteiger partial charge in [-0.3, -0.25) is 4.79 Å². The third-order valence-electron chi connectivity index (χ3n) is 2.84. The standard InChI is InChI=1S/C14H22N4O3/c1-18(2)14(21)17-8-7-16-13(20)12(15)9-10-3-5-11(19)6-4-10/h3-6,12,19H,7-9,15H2,1-2H3,(H,16,20)(H,17,21). The van der Waals surface area contributed by atoms with Crippen molar-refractivity contribution in [2.75, 3.05) is 27.2 Å². The van der Waals surface area contributed by atoms with Crippen molar-refractivity contribution in [3.05, 3.63) is 29.8 Å². The Morgan fingerprint density at radius 2 is 1.76 bits per heavy atom. The van der Waals surface area contributed by atoms with E-state index in [0.717, 1.165) is 5.56 Å². The molecule has 0 aromatic heterocycles. The Morgan fingerprint density at radius 3 is 2.33 bits per heavy atom. The number of nitrogens with zero attached hydrogens (tertiary/aromatic N) is 1. The molecule has 3 amide bonds. The minimum atomic E-state index is -0.668. The number of aromatic hydroxyl groups is 1. The van der Waals surface area contributed by atoms with Gasteiger partial charge in [-0.25, -0.2) is 4.79 Å². The zero-order valence-corrected chi connectivity index (χ0v) is 12.3. The summed E-state index contributed by atoms with van der Waals surface area (Å²) >= 11 is 0. The van der Waals surface area contributed by atoms with Crippen LogP contribution in [0.25, 0.3) is 0 Å². The molecular weight excluding hydrogens is 272 g/mol. The summed E-state index contributed by atoms with van der Waals surface area (Å²) in [6.07, 6.45) is 0.385. The van der Waals surface area contributed by atoms with Crippen molar-refractivity contribution >= 4 is 11.9 Å². The number of phenolic OH excluding ortho intramolecular Hbond substituents is 1. The Kier molecular flexibility index (Phi) is 6.48. The largest absolute Gasteiger partial charge is 0.508 e. The zero-order valence-electron chi connectivity index (χ0n) is 12.3. The van der Waals surface area contributed by atoms with Gasteiger partial charge in [-0.2, -0.15) is 0 Å². The molecule has 1 aromatic rings. The first-order valence-corrected chi connectivity index (χ1v) is 6.66. The fourth-order valence-electron chi connectivity index (χ4n) is 1.62. The summed E-state index contributed by atoms with van der Waals surface area (Å²) in [5, 5.41) is 14.5. The Balaban J connectivity index is 2.28. The molecule has 116 valence electrons. The highest BCUT2D eigenvalue weighted by molar-refractivity contribution is 5.81. The fraction of sp³-hybridized carbons (Fsp3) is 0.429. The van der Waals surface area contributed by atoms with Gasteiger partial charge in [0.25, 0.3) is 0 Å². The SMILES string of the molecule is CN(C)C(=O)NCCNC(=O)C(N)Cc1ccc(O)cc1. The molecule has 1 atom stereocenters. The number of hydrogen-bond acceptors (Lipinski definition) is 4. The van der Waals surface area contributed by atoms with E-state index in [9.17, 15) is 14.7 Å². The lowest BCUT2D eigenvalue weighted by Gasteiger charge is -2.14. The van der Waals surface area contributed by atoms with Crippen molar-refractivity contribution in [3.8, 4) is 5.75 Å². The first-order valence-electron chi connectivity index (χ1n) is 6.66. The predicted molar refractivity (Wildman–Crippen MR) is 79.9 cm³/mol. The lowest BCUT2D eigenvalue weighted by Crippen LogP contribution is -2.45. The summed E-state index contributed by atoms with van der Waals surface area (Å²) in [4.78, 5) is 24.4. The van der Waals surface area contributed by atoms with E-state index in [2.05, 4.69) is 10.6 Å². The van der Waals surface area contributed by atoms with E-state index in [4.69, 9.17) is 5.73 Å². The van der Waals surface area contributed by atoms with E-state index < -0.39 is 6.04 Å². The minimum Gasteiger partial charge on any atom is -0.508 e. The second kappa shape index (κ2) is 8.11. The number of carbonyl (C=O) groups excluding carboxylic acids is 2. The number of urea groups is 1. The van der Waals surface area contributed by atoms with Gasteiger partial charge in [0.15, 0.2) is 0 Å². The maximum atomic E-state index is 11.8. The number of nitrogens with one attached hydrogen (secondary N) is 2. The highest BCUT2D eigenvalue weighted by atomic mass is 16.3. The van der Waals surface area contributed by atoms with Crippen LogP contribution in [0.2, 0.25) is 0 Å². The van der Waals surface area contributed by atoms with Gasteiger partial charge < -0.3 is 26.4 Å². The van der Waals surface area contributed by atoms with Gasteiger partial charge in [0.05, 0.1) is 6.04 Å². The highest BCUT2D eigenvalue weighted by Gasteiger charge is 2.13. The van der Waals surface area contributed by atoms with Gasteiger partial charge in [-0.15, -0.1) is 0 Å². The molecule has 0 spiro atoms. The van der Waals surface area contributed by atoms with Crippen LogP contribution in [0.4, 0.5) is 4.79 Å². The maximum absolute atomic E-state index is 11.8. The van der Waals surface area contributed by atoms with Gasteiger partial charge in [0, 0.05) is 27.2 Å². The van der Waals surface area contributed by atoms with Crippen LogP contribution in [0.5, 0.6) is 5.75 Å². The second-order valence-corrected chi connectivity index (χ2v) is 4.89. The van der Waals surface area contributed by atoms with Crippen molar-refractivity contribution < 1.29 is 14.7 Å². The molecule has 7 heteroatoms. The quantitative estimate of drug-likeness (QED) is 0.538. The number of rotatable bonds is 6. The molecule has 21 heavy (non-hydrogen) atoms. The zero-order chi connectivity index (χ0) is 15.8. The molecule has 0 radical (unpaired) electrons. The molecule has 1 aromatic carbocycles. The number of nitrogens with two attached hydrogens (primary N) is 1. The summed E-state index contributed by atoms with van der Waals surface area (Å²) in [6, 6.07) is 5.67. The third-order valence-corrected chi connectivity index (χ3v) is 2.84. The molecule has 0 aliphatic rings. The molecule has 5 N–H and O–H groups in total. The summed E-state index contributed by atoms with van der Waals surface area (Å²) < 4.78 is 0. The van der Waals surface area contributed by atoms with Crippen LogP contribution in [0.1, 0.15) is 5.56 Å². The Bertz CT molecular complexity index is 474. The van der Waals surface area contributed by atoms with Crippen LogP contribution in [-0.4, -0.2) is 55.2 Å². The van der Waals surface area contributed by atoms with E-state index in [0.29, 0.717) is 19.5 Å². The Labute approximate surface area is 124 Å². The van der Waals surface area contributed by atoms with Crippen LogP contribution in [0.3, 0.4) is 0 Å². The van der Waals surface area contributed by atoms with Crippen LogP contribution >= 0.6 is 0 Å². The third kappa shape index (κ3) is 6.13. The molecule has 0 saturated heterocycles. The van der Waals surface area contributed by atoms with Crippen molar-refractivity contribution in [1.82, 2.24) is 15.5 Å². The minimum absolute atomic E-state index is 0.174. The van der Waals surface area contributed by atoms with Crippen LogP contribution in [-0.2, 0) is 11.2 Å². The fourth-order valence-corrected chi connectivity index (χ4v) is 1.62. The normalized spacial score (nSPS) is 11.6. The molecule has 0 saturated carbocycles. The van der Waals surface area contributed by atoms with Gasteiger partial charge in [-0.1, -0.05) is 12.1 Å². The molecule has 0 bridgehead atoms. The van der Waals surface area contributed by atoms with Crippen molar-refractivity contribution in [2.24, 2.45) is 5.73 Å². The van der Waals surface area contributed by atoms with Gasteiger partial charge in [0.1, 0.15) is 5.75 Å². The second-order valence-electron chi connectivity index (χ2n) is 4.89. The number of hydrogen-bond donors (Lipinski definition) is 4. The number of amides is 3. The smallest absolute Gasteiger partial charge is 0.316 e. The van der Waals surface area contributed by atoms with Gasteiger partial charge >= 0.3 is 6.03 Å². The summed E-state index contributed by atoms with van der Waals surface area (Å²) in [7, 11) is 3.28. The average Bonchev–Trinajstić information content (AvgIpc) is 2.45.